The maximum absolute atomic E-state index is 12.2. The Morgan fingerprint density at radius 3 is 2.35 bits per heavy atom. The highest BCUT2D eigenvalue weighted by Crippen LogP contribution is 2.12. The Kier molecular flexibility index (Phi) is 3.61. The van der Waals surface area contributed by atoms with Crippen LogP contribution in [0.25, 0.3) is 0 Å². The average molecular weight is 234 g/mol. The van der Waals surface area contributed by atoms with Crippen molar-refractivity contribution in [1.82, 2.24) is 9.47 Å². The molecule has 1 fully saturated rings. The maximum Gasteiger partial charge on any atom is 0.255 e. The number of carbonyl (C=O) groups is 1. The number of pyridine rings is 1. The highest BCUT2D eigenvalue weighted by atomic mass is 16.2. The Morgan fingerprint density at radius 1 is 1.12 bits per heavy atom. The average Bonchev–Trinajstić information content (AvgIpc) is 2.60. The molecule has 0 aliphatic carbocycles. The third-order valence-electron chi connectivity index (χ3n) is 3.23. The lowest BCUT2D eigenvalue weighted by Crippen LogP contribution is -2.32. The molecule has 4 nitrogen and oxygen atoms in total. The monoisotopic (exact) mass is 234 g/mol. The van der Waals surface area contributed by atoms with Crippen molar-refractivity contribution in [2.45, 2.75) is 25.7 Å². The van der Waals surface area contributed by atoms with Crippen LogP contribution in [0.1, 0.15) is 36.0 Å². The third kappa shape index (κ3) is 2.75. The summed E-state index contributed by atoms with van der Waals surface area (Å²) in [6.45, 7) is 1.67. The van der Waals surface area contributed by atoms with Gasteiger partial charge in [-0.15, -0.1) is 0 Å². The number of hydrogen-bond donors (Lipinski definition) is 0. The van der Waals surface area contributed by atoms with Crippen molar-refractivity contribution >= 4 is 5.91 Å². The van der Waals surface area contributed by atoms with Crippen LogP contribution in [-0.2, 0) is 7.05 Å². The highest BCUT2D eigenvalue weighted by Gasteiger charge is 2.17. The predicted octanol–water partition coefficient (Wildman–Crippen LogP) is 1.40. The van der Waals surface area contributed by atoms with Crippen LogP contribution < -0.4 is 5.56 Å². The minimum absolute atomic E-state index is 0.0440. The number of aryl methyl sites for hydroxylation is 1. The molecule has 2 rings (SSSR count). The Morgan fingerprint density at radius 2 is 1.76 bits per heavy atom. The Labute approximate surface area is 101 Å². The van der Waals surface area contributed by atoms with Crippen molar-refractivity contribution in [2.75, 3.05) is 13.1 Å². The first-order chi connectivity index (χ1) is 8.18. The summed E-state index contributed by atoms with van der Waals surface area (Å²) in [6, 6.07) is 3.07. The summed E-state index contributed by atoms with van der Waals surface area (Å²) in [7, 11) is 1.67. The summed E-state index contributed by atoms with van der Waals surface area (Å²) in [5, 5.41) is 0. The van der Waals surface area contributed by atoms with E-state index in [1.807, 2.05) is 4.90 Å². The van der Waals surface area contributed by atoms with Gasteiger partial charge in [-0.1, -0.05) is 12.8 Å². The lowest BCUT2D eigenvalue weighted by atomic mass is 10.2. The van der Waals surface area contributed by atoms with E-state index >= 15 is 0 Å². The van der Waals surface area contributed by atoms with Crippen molar-refractivity contribution in [2.24, 2.45) is 7.05 Å². The Bertz CT molecular complexity index is 457. The molecule has 1 saturated heterocycles. The predicted molar refractivity (Wildman–Crippen MR) is 66.1 cm³/mol. The van der Waals surface area contributed by atoms with Crippen LogP contribution >= 0.6 is 0 Å². The molecule has 4 heteroatoms. The molecule has 0 radical (unpaired) electrons. The number of amides is 1. The maximum atomic E-state index is 12.2. The quantitative estimate of drug-likeness (QED) is 0.737. The lowest BCUT2D eigenvalue weighted by Gasteiger charge is -2.20. The van der Waals surface area contributed by atoms with Crippen LogP contribution in [0.15, 0.2) is 23.1 Å². The van der Waals surface area contributed by atoms with Crippen molar-refractivity contribution < 1.29 is 4.79 Å². The van der Waals surface area contributed by atoms with Crippen molar-refractivity contribution in [3.05, 3.63) is 34.2 Å². The number of aromatic nitrogens is 1. The summed E-state index contributed by atoms with van der Waals surface area (Å²) in [5.41, 5.74) is 0.520. The van der Waals surface area contributed by atoms with E-state index in [4.69, 9.17) is 0 Å². The normalized spacial score (nSPS) is 16.6. The molecule has 0 spiro atoms. The molecule has 2 heterocycles. The van der Waals surface area contributed by atoms with E-state index in [2.05, 4.69) is 0 Å². The van der Waals surface area contributed by atoms with E-state index in [9.17, 15) is 9.59 Å². The van der Waals surface area contributed by atoms with Gasteiger partial charge in [0.1, 0.15) is 0 Å². The highest BCUT2D eigenvalue weighted by molar-refractivity contribution is 5.93. The number of hydrogen-bond acceptors (Lipinski definition) is 2. The van der Waals surface area contributed by atoms with Crippen molar-refractivity contribution in [3.63, 3.8) is 0 Å². The van der Waals surface area contributed by atoms with Crippen LogP contribution in [0.5, 0.6) is 0 Å². The SMILES string of the molecule is Cn1cc(C(=O)N2CCCCCC2)ccc1=O. The molecule has 1 aliphatic heterocycles. The molecule has 17 heavy (non-hydrogen) atoms. The molecule has 1 amide bonds. The third-order valence-corrected chi connectivity index (χ3v) is 3.23. The smallest absolute Gasteiger partial charge is 0.255 e. The first kappa shape index (κ1) is 11.9. The fourth-order valence-corrected chi connectivity index (χ4v) is 2.18. The van der Waals surface area contributed by atoms with Gasteiger partial charge in [-0.25, -0.2) is 0 Å². The van der Waals surface area contributed by atoms with Gasteiger partial charge in [0, 0.05) is 32.4 Å². The fraction of sp³-hybridized carbons (Fsp3) is 0.538. The molecule has 0 aromatic carbocycles. The van der Waals surface area contributed by atoms with Gasteiger partial charge in [-0.3, -0.25) is 9.59 Å². The molecular formula is C13H18N2O2. The summed E-state index contributed by atoms with van der Waals surface area (Å²) in [4.78, 5) is 25.4. The molecule has 0 atom stereocenters. The molecule has 92 valence electrons. The number of carbonyl (C=O) groups excluding carboxylic acids is 1. The summed E-state index contributed by atoms with van der Waals surface area (Å²) in [5.74, 6) is 0.0440. The van der Waals surface area contributed by atoms with E-state index < -0.39 is 0 Å². The molecule has 1 aromatic rings. The topological polar surface area (TPSA) is 42.3 Å². The number of likely N-dealkylation sites (tertiary alicyclic amines) is 1. The summed E-state index contributed by atoms with van der Waals surface area (Å²) in [6.07, 6.45) is 6.19. The van der Waals surface area contributed by atoms with E-state index in [0.29, 0.717) is 5.56 Å². The van der Waals surface area contributed by atoms with E-state index in [1.54, 1.807) is 19.3 Å². The van der Waals surface area contributed by atoms with Gasteiger partial charge in [0.05, 0.1) is 5.56 Å². The molecule has 0 unspecified atom stereocenters. The summed E-state index contributed by atoms with van der Waals surface area (Å²) >= 11 is 0. The molecule has 1 aromatic heterocycles. The molecule has 0 bridgehead atoms. The van der Waals surface area contributed by atoms with E-state index in [0.717, 1.165) is 25.9 Å². The minimum atomic E-state index is -0.0857. The second kappa shape index (κ2) is 5.17. The van der Waals surface area contributed by atoms with Crippen LogP contribution in [0.4, 0.5) is 0 Å². The lowest BCUT2D eigenvalue weighted by molar-refractivity contribution is 0.0760. The molecule has 0 N–H and O–H groups in total. The fourth-order valence-electron chi connectivity index (χ4n) is 2.18. The van der Waals surface area contributed by atoms with Gasteiger partial charge < -0.3 is 9.47 Å². The van der Waals surface area contributed by atoms with E-state index in [1.165, 1.54) is 23.5 Å². The van der Waals surface area contributed by atoms with Crippen LogP contribution in [0, 0.1) is 0 Å². The van der Waals surface area contributed by atoms with Crippen LogP contribution in [0.2, 0.25) is 0 Å². The standard InChI is InChI=1S/C13H18N2O2/c1-14-10-11(6-7-12(14)16)13(17)15-8-4-2-3-5-9-15/h6-7,10H,2-5,8-9H2,1H3. The Balaban J connectivity index is 2.17. The second-order valence-corrected chi connectivity index (χ2v) is 4.57. The summed E-state index contributed by atoms with van der Waals surface area (Å²) < 4.78 is 1.45. The van der Waals surface area contributed by atoms with E-state index in [-0.39, 0.29) is 11.5 Å². The van der Waals surface area contributed by atoms with Crippen molar-refractivity contribution in [1.29, 1.82) is 0 Å². The number of rotatable bonds is 1. The van der Waals surface area contributed by atoms with Crippen LogP contribution in [-0.4, -0.2) is 28.5 Å². The second-order valence-electron chi connectivity index (χ2n) is 4.57. The first-order valence-electron chi connectivity index (χ1n) is 6.14. The van der Waals surface area contributed by atoms with Gasteiger partial charge in [0.25, 0.3) is 5.91 Å². The molecular weight excluding hydrogens is 216 g/mol. The van der Waals surface area contributed by atoms with Gasteiger partial charge in [-0.05, 0) is 18.9 Å². The zero-order valence-electron chi connectivity index (χ0n) is 10.2. The van der Waals surface area contributed by atoms with Gasteiger partial charge in [-0.2, -0.15) is 0 Å². The van der Waals surface area contributed by atoms with Gasteiger partial charge in [0.15, 0.2) is 0 Å². The minimum Gasteiger partial charge on any atom is -0.339 e. The molecule has 0 saturated carbocycles. The Hall–Kier alpha value is -1.58. The molecule has 1 aliphatic rings. The van der Waals surface area contributed by atoms with Crippen LogP contribution in [0.3, 0.4) is 0 Å². The zero-order chi connectivity index (χ0) is 12.3. The van der Waals surface area contributed by atoms with Gasteiger partial charge in [0.2, 0.25) is 5.56 Å². The zero-order valence-corrected chi connectivity index (χ0v) is 10.2. The van der Waals surface area contributed by atoms with Crippen molar-refractivity contribution in [3.8, 4) is 0 Å². The van der Waals surface area contributed by atoms with Gasteiger partial charge >= 0.3 is 0 Å². The largest absolute Gasteiger partial charge is 0.339 e. The number of nitrogens with zero attached hydrogens (tertiary/aromatic N) is 2. The first-order valence-corrected chi connectivity index (χ1v) is 6.14.